The first-order valence-corrected chi connectivity index (χ1v) is 14.5. The van der Waals surface area contributed by atoms with Gasteiger partial charge in [0.2, 0.25) is 0 Å². The molecule has 6 rings (SSSR count). The fraction of sp³-hybridized carbons (Fsp3) is 0.306. The van der Waals surface area contributed by atoms with Gasteiger partial charge in [-0.3, -0.25) is 4.98 Å². The number of benzene rings is 1. The van der Waals surface area contributed by atoms with Crippen molar-refractivity contribution in [2.75, 3.05) is 0 Å². The van der Waals surface area contributed by atoms with Crippen molar-refractivity contribution in [3.63, 3.8) is 0 Å². The van der Waals surface area contributed by atoms with Gasteiger partial charge < -0.3 is 4.98 Å². The Morgan fingerprint density at radius 2 is 1.20 bits per heavy atom. The van der Waals surface area contributed by atoms with Crippen molar-refractivity contribution in [2.45, 2.75) is 74.1 Å². The average molecular weight is 618 g/mol. The number of hydrogen-bond donors (Lipinski definition) is 0. The molecule has 3 nitrogen and oxygen atoms in total. The fourth-order valence-electron chi connectivity index (χ4n) is 6.68. The zero-order valence-corrected chi connectivity index (χ0v) is 26.2. The van der Waals surface area contributed by atoms with Gasteiger partial charge in [-0.15, -0.1) is 38.7 Å². The van der Waals surface area contributed by atoms with Gasteiger partial charge in [-0.2, -0.15) is 5.52 Å². The Morgan fingerprint density at radius 1 is 0.650 bits per heavy atom. The zero-order valence-electron chi connectivity index (χ0n) is 24.6. The van der Waals surface area contributed by atoms with Crippen molar-refractivity contribution in [1.29, 1.82) is 0 Å². The molecule has 0 N–H and O–H groups in total. The third-order valence-corrected chi connectivity index (χ3v) is 8.84. The maximum Gasteiger partial charge on any atom is 2.00 e. The number of allylic oxidation sites excluding steroid dienone is 4. The van der Waals surface area contributed by atoms with E-state index in [0.29, 0.717) is 0 Å². The van der Waals surface area contributed by atoms with Crippen LogP contribution in [-0.2, 0) is 26.8 Å². The maximum absolute atomic E-state index is 5.23. The Kier molecular flexibility index (Phi) is 7.80. The van der Waals surface area contributed by atoms with E-state index in [2.05, 4.69) is 97.0 Å². The Hall–Kier alpha value is -3.19. The molecule has 2 aliphatic heterocycles. The van der Waals surface area contributed by atoms with E-state index in [9.17, 15) is 0 Å². The number of fused-ring (bicyclic) bond motifs is 11. The fourth-order valence-corrected chi connectivity index (χ4v) is 6.68. The van der Waals surface area contributed by atoms with Crippen LogP contribution in [0, 0.1) is 13.8 Å². The third-order valence-electron chi connectivity index (χ3n) is 8.84. The molecule has 0 fully saturated rings. The summed E-state index contributed by atoms with van der Waals surface area (Å²) in [6, 6.07) is 17.8. The molecule has 0 saturated heterocycles. The van der Waals surface area contributed by atoms with Crippen LogP contribution < -0.4 is 4.98 Å². The van der Waals surface area contributed by atoms with E-state index in [4.69, 9.17) is 15.0 Å². The molecule has 0 unspecified atom stereocenters. The summed E-state index contributed by atoms with van der Waals surface area (Å²) in [5.74, 6) is 0. The minimum Gasteiger partial charge on any atom is -0.664 e. The molecule has 2 aromatic heterocycles. The van der Waals surface area contributed by atoms with Crippen molar-refractivity contribution in [2.24, 2.45) is 0 Å². The normalized spacial score (nSPS) is 13.4. The Bertz CT molecular complexity index is 1880. The van der Waals surface area contributed by atoms with E-state index in [0.717, 1.165) is 59.5 Å². The second kappa shape index (κ2) is 11.0. The molecular weight excluding hydrogens is 581 g/mol. The second-order valence-electron chi connectivity index (χ2n) is 10.8. The average Bonchev–Trinajstić information content (AvgIpc) is 3.60. The van der Waals surface area contributed by atoms with Crippen LogP contribution in [0.25, 0.3) is 54.9 Å². The summed E-state index contributed by atoms with van der Waals surface area (Å²) in [4.78, 5) is 15.7. The molecule has 0 saturated carbocycles. The van der Waals surface area contributed by atoms with E-state index in [1.807, 2.05) is 0 Å². The molecule has 0 atom stereocenters. The number of aryl methyl sites for hydroxylation is 3. The van der Waals surface area contributed by atoms with Crippen molar-refractivity contribution < 1.29 is 20.4 Å². The van der Waals surface area contributed by atoms with Gasteiger partial charge >= 0.3 is 20.4 Å². The summed E-state index contributed by atoms with van der Waals surface area (Å²) in [5.41, 5.74) is 15.4. The van der Waals surface area contributed by atoms with Crippen LogP contribution in [-0.4, -0.2) is 9.97 Å². The van der Waals surface area contributed by atoms with Crippen LogP contribution in [0.15, 0.2) is 48.5 Å². The van der Waals surface area contributed by atoms with Crippen molar-refractivity contribution in [1.82, 2.24) is 15.0 Å². The van der Waals surface area contributed by atoms with E-state index in [1.54, 1.807) is 0 Å². The molecule has 0 aliphatic carbocycles. The molecule has 4 heteroatoms. The molecule has 0 spiro atoms. The largest absolute Gasteiger partial charge is 2.00 e. The molecule has 0 radical (unpaired) electrons. The van der Waals surface area contributed by atoms with Crippen LogP contribution in [0.2, 0.25) is 0 Å². The molecule has 206 valence electrons. The molecule has 40 heavy (non-hydrogen) atoms. The van der Waals surface area contributed by atoms with Gasteiger partial charge in [0, 0.05) is 5.69 Å². The molecule has 4 heterocycles. The molecule has 8 bridgehead atoms. The third kappa shape index (κ3) is 4.34. The van der Waals surface area contributed by atoms with E-state index >= 15 is 0 Å². The van der Waals surface area contributed by atoms with Gasteiger partial charge in [-0.25, -0.2) is 4.98 Å². The number of aromatic nitrogens is 3. The van der Waals surface area contributed by atoms with E-state index in [1.165, 1.54) is 60.5 Å². The van der Waals surface area contributed by atoms with Gasteiger partial charge in [0.05, 0.1) is 17.1 Å². The van der Waals surface area contributed by atoms with Crippen LogP contribution in [0.5, 0.6) is 0 Å². The number of nitrogens with zero attached hydrogens (tertiary/aromatic N) is 3. The Balaban J connectivity index is 0.00000323. The summed E-state index contributed by atoms with van der Waals surface area (Å²) < 4.78 is 0. The SMILES string of the molecule is CCC1=C(C)c2cc3c4ccccc4c(cc4[n-]c(cc5nc(cc1n2)C(CC)=C5CC)c(CC)c4C)[c-]3C.[Pd+2]. The molecular formula is C36H37N3Pd. The molecule has 2 aromatic carbocycles. The van der Waals surface area contributed by atoms with Gasteiger partial charge in [-0.1, -0.05) is 82.1 Å². The minimum atomic E-state index is 0. The van der Waals surface area contributed by atoms with Crippen LogP contribution in [0.3, 0.4) is 0 Å². The minimum absolute atomic E-state index is 0. The predicted octanol–water partition coefficient (Wildman–Crippen LogP) is 9.74. The summed E-state index contributed by atoms with van der Waals surface area (Å²) in [5, 5.41) is 5.04. The molecule has 4 aromatic rings. The quantitative estimate of drug-likeness (QED) is 0.169. The number of rotatable bonds is 4. The summed E-state index contributed by atoms with van der Waals surface area (Å²) in [6.07, 6.45) is 3.78. The Labute approximate surface area is 251 Å². The van der Waals surface area contributed by atoms with Crippen molar-refractivity contribution in [3.05, 3.63) is 88.0 Å². The van der Waals surface area contributed by atoms with E-state index in [-0.39, 0.29) is 20.4 Å². The predicted molar refractivity (Wildman–Crippen MR) is 168 cm³/mol. The monoisotopic (exact) mass is 617 g/mol. The molecule has 0 amide bonds. The Morgan fingerprint density at radius 3 is 1.80 bits per heavy atom. The molecule has 2 aliphatic rings. The summed E-state index contributed by atoms with van der Waals surface area (Å²) in [6.45, 7) is 15.6. The first kappa shape index (κ1) is 28.3. The first-order valence-electron chi connectivity index (χ1n) is 14.5. The number of hydrogen-bond acceptors (Lipinski definition) is 2. The standard InChI is InChI=1S/C36H37N3.Pd/c1-8-23-21(6)31-16-29-20(5)30(28-15-13-12-14-27(28)29)17-32-22(7)24(9-2)34(38-32)19-36-26(11-4)25(10-3)35(39-36)18-33(23)37-31;/h12-19H,8-11H2,1-7H3;/q-2;+2. The van der Waals surface area contributed by atoms with Gasteiger partial charge in [-0.05, 0) is 67.9 Å². The maximum atomic E-state index is 5.23. The zero-order chi connectivity index (χ0) is 27.4. The van der Waals surface area contributed by atoms with Crippen molar-refractivity contribution >= 4 is 54.9 Å². The second-order valence-corrected chi connectivity index (χ2v) is 10.8. The van der Waals surface area contributed by atoms with Crippen LogP contribution >= 0.6 is 0 Å². The topological polar surface area (TPSA) is 39.9 Å². The van der Waals surface area contributed by atoms with Crippen LogP contribution in [0.4, 0.5) is 0 Å². The van der Waals surface area contributed by atoms with E-state index < -0.39 is 0 Å². The summed E-state index contributed by atoms with van der Waals surface area (Å²) in [7, 11) is 0. The van der Waals surface area contributed by atoms with Crippen molar-refractivity contribution in [3.8, 4) is 0 Å². The van der Waals surface area contributed by atoms with Gasteiger partial charge in [0.25, 0.3) is 0 Å². The van der Waals surface area contributed by atoms with Gasteiger partial charge in [0.1, 0.15) is 0 Å². The van der Waals surface area contributed by atoms with Crippen LogP contribution in [0.1, 0.15) is 93.3 Å². The smallest absolute Gasteiger partial charge is 0.664 e. The summed E-state index contributed by atoms with van der Waals surface area (Å²) >= 11 is 0. The first-order chi connectivity index (χ1) is 18.9. The van der Waals surface area contributed by atoms with Gasteiger partial charge in [0.15, 0.2) is 0 Å².